The predicted molar refractivity (Wildman–Crippen MR) is 105 cm³/mol. The van der Waals surface area contributed by atoms with Crippen molar-refractivity contribution in [3.05, 3.63) is 27.7 Å². The highest BCUT2D eigenvalue weighted by molar-refractivity contribution is 7.11. The Hall–Kier alpha value is -1.96. The summed E-state index contributed by atoms with van der Waals surface area (Å²) in [5.41, 5.74) is 0. The standard InChI is InChI=1S/C18H29N7S/c1-13-11-20-17(26-13)9-10-19-18(22-15-7-5-4-6-8-15)21-12-16-24-23-14(2)25(16)3/h11,15H,4-10,12H2,1-3H3,(H2,19,21,22). The van der Waals surface area contributed by atoms with Crippen molar-refractivity contribution in [2.45, 2.75) is 65.0 Å². The number of hydrogen-bond acceptors (Lipinski definition) is 5. The van der Waals surface area contributed by atoms with Gasteiger partial charge in [-0.2, -0.15) is 0 Å². The van der Waals surface area contributed by atoms with Gasteiger partial charge in [-0.1, -0.05) is 19.3 Å². The first kappa shape index (κ1) is 18.8. The van der Waals surface area contributed by atoms with Gasteiger partial charge in [0.25, 0.3) is 0 Å². The number of nitrogens with one attached hydrogen (secondary N) is 2. The second kappa shape index (κ2) is 9.12. The molecule has 0 unspecified atom stereocenters. The number of aromatic nitrogens is 4. The number of aliphatic imine (C=N–C) groups is 1. The highest BCUT2D eigenvalue weighted by Gasteiger charge is 2.15. The molecule has 1 fully saturated rings. The van der Waals surface area contributed by atoms with Gasteiger partial charge in [-0.05, 0) is 26.7 Å². The maximum Gasteiger partial charge on any atom is 0.191 e. The highest BCUT2D eigenvalue weighted by Crippen LogP contribution is 2.17. The van der Waals surface area contributed by atoms with Gasteiger partial charge in [-0.3, -0.25) is 0 Å². The quantitative estimate of drug-likeness (QED) is 0.599. The van der Waals surface area contributed by atoms with Gasteiger partial charge in [0, 0.05) is 37.1 Å². The second-order valence-electron chi connectivity index (χ2n) is 6.91. The molecule has 0 aliphatic heterocycles. The third kappa shape index (κ3) is 5.27. The van der Waals surface area contributed by atoms with Gasteiger partial charge in [-0.25, -0.2) is 9.98 Å². The molecule has 0 spiro atoms. The van der Waals surface area contributed by atoms with E-state index in [1.807, 2.05) is 24.7 Å². The maximum absolute atomic E-state index is 4.75. The van der Waals surface area contributed by atoms with Crippen LogP contribution in [0.15, 0.2) is 11.2 Å². The van der Waals surface area contributed by atoms with Gasteiger partial charge >= 0.3 is 0 Å². The average Bonchev–Trinajstić information content (AvgIpc) is 3.20. The first-order chi connectivity index (χ1) is 12.6. The van der Waals surface area contributed by atoms with Crippen molar-refractivity contribution in [2.75, 3.05) is 6.54 Å². The first-order valence-electron chi connectivity index (χ1n) is 9.43. The van der Waals surface area contributed by atoms with Crippen LogP contribution in [0.5, 0.6) is 0 Å². The third-order valence-corrected chi connectivity index (χ3v) is 5.78. The molecule has 26 heavy (non-hydrogen) atoms. The van der Waals surface area contributed by atoms with Crippen molar-refractivity contribution in [1.82, 2.24) is 30.4 Å². The molecule has 0 radical (unpaired) electrons. The monoisotopic (exact) mass is 375 g/mol. The molecule has 2 aromatic rings. The molecule has 8 heteroatoms. The van der Waals surface area contributed by atoms with Crippen LogP contribution in [-0.2, 0) is 20.0 Å². The third-order valence-electron chi connectivity index (χ3n) is 4.81. The predicted octanol–water partition coefficient (Wildman–Crippen LogP) is 2.50. The van der Waals surface area contributed by atoms with Crippen molar-refractivity contribution in [2.24, 2.45) is 12.0 Å². The topological polar surface area (TPSA) is 80.0 Å². The Kier molecular flexibility index (Phi) is 6.60. The zero-order valence-electron chi connectivity index (χ0n) is 16.0. The van der Waals surface area contributed by atoms with E-state index in [0.717, 1.165) is 35.6 Å². The summed E-state index contributed by atoms with van der Waals surface area (Å²) in [7, 11) is 1.98. The molecule has 3 rings (SSSR count). The Balaban J connectivity index is 1.59. The molecular weight excluding hydrogens is 346 g/mol. The molecule has 0 saturated heterocycles. The summed E-state index contributed by atoms with van der Waals surface area (Å²) in [6.07, 6.45) is 9.22. The van der Waals surface area contributed by atoms with Crippen LogP contribution in [0.25, 0.3) is 0 Å². The summed E-state index contributed by atoms with van der Waals surface area (Å²) in [5.74, 6) is 2.65. The molecule has 0 bridgehead atoms. The summed E-state index contributed by atoms with van der Waals surface area (Å²) in [6.45, 7) is 5.39. The molecule has 2 heterocycles. The van der Waals surface area contributed by atoms with Crippen LogP contribution >= 0.6 is 11.3 Å². The number of guanidine groups is 1. The van der Waals surface area contributed by atoms with Gasteiger partial charge in [0.15, 0.2) is 11.8 Å². The summed E-state index contributed by atoms with van der Waals surface area (Å²) in [5, 5.41) is 16.6. The lowest BCUT2D eigenvalue weighted by atomic mass is 9.96. The smallest absolute Gasteiger partial charge is 0.191 e. The Morgan fingerprint density at radius 2 is 2.08 bits per heavy atom. The molecule has 0 amide bonds. The second-order valence-corrected chi connectivity index (χ2v) is 8.23. The summed E-state index contributed by atoms with van der Waals surface area (Å²) < 4.78 is 1.99. The zero-order chi connectivity index (χ0) is 18.4. The van der Waals surface area contributed by atoms with Gasteiger partial charge < -0.3 is 15.2 Å². The number of aryl methyl sites for hydroxylation is 2. The SMILES string of the molecule is Cc1cnc(CCNC(=NCc2nnc(C)n2C)NC2CCCCC2)s1. The fourth-order valence-electron chi connectivity index (χ4n) is 3.14. The molecule has 7 nitrogen and oxygen atoms in total. The molecule has 0 aromatic carbocycles. The number of thiazole rings is 1. The van der Waals surface area contributed by atoms with E-state index in [0.29, 0.717) is 12.6 Å². The Morgan fingerprint density at radius 1 is 1.27 bits per heavy atom. The van der Waals surface area contributed by atoms with E-state index < -0.39 is 0 Å². The first-order valence-corrected chi connectivity index (χ1v) is 10.2. The number of nitrogens with zero attached hydrogens (tertiary/aromatic N) is 5. The molecule has 0 atom stereocenters. The van der Waals surface area contributed by atoms with Crippen molar-refractivity contribution in [1.29, 1.82) is 0 Å². The summed E-state index contributed by atoms with van der Waals surface area (Å²) in [6, 6.07) is 0.512. The Labute approximate surface area is 159 Å². The minimum atomic E-state index is 0.512. The van der Waals surface area contributed by atoms with Crippen LogP contribution in [0.3, 0.4) is 0 Å². The van der Waals surface area contributed by atoms with Crippen LogP contribution in [0.1, 0.15) is 53.6 Å². The fourth-order valence-corrected chi connectivity index (χ4v) is 3.92. The fraction of sp³-hybridized carbons (Fsp3) is 0.667. The lowest BCUT2D eigenvalue weighted by molar-refractivity contribution is 0.409. The van der Waals surface area contributed by atoms with Gasteiger partial charge in [0.1, 0.15) is 12.4 Å². The normalized spacial score (nSPS) is 16.0. The van der Waals surface area contributed by atoms with Crippen LogP contribution < -0.4 is 10.6 Å². The summed E-state index contributed by atoms with van der Waals surface area (Å²) in [4.78, 5) is 10.4. The molecule has 1 saturated carbocycles. The van der Waals surface area contributed by atoms with Crippen molar-refractivity contribution >= 4 is 17.3 Å². The van der Waals surface area contributed by atoms with E-state index in [-0.39, 0.29) is 0 Å². The molecular formula is C18H29N7S. The Bertz CT molecular complexity index is 728. The van der Waals surface area contributed by atoms with E-state index in [2.05, 4.69) is 32.7 Å². The van der Waals surface area contributed by atoms with Gasteiger partial charge in [0.05, 0.1) is 5.01 Å². The molecule has 142 valence electrons. The van der Waals surface area contributed by atoms with Crippen LogP contribution in [0.2, 0.25) is 0 Å². The summed E-state index contributed by atoms with van der Waals surface area (Å²) >= 11 is 1.76. The maximum atomic E-state index is 4.75. The van der Waals surface area contributed by atoms with E-state index in [1.54, 1.807) is 11.3 Å². The molecule has 2 N–H and O–H groups in total. The van der Waals surface area contributed by atoms with E-state index >= 15 is 0 Å². The van der Waals surface area contributed by atoms with Crippen molar-refractivity contribution in [3.63, 3.8) is 0 Å². The zero-order valence-corrected chi connectivity index (χ0v) is 16.8. The van der Waals surface area contributed by atoms with Crippen molar-refractivity contribution in [3.8, 4) is 0 Å². The van der Waals surface area contributed by atoms with Gasteiger partial charge in [0.2, 0.25) is 0 Å². The lowest BCUT2D eigenvalue weighted by Crippen LogP contribution is -2.44. The minimum absolute atomic E-state index is 0.512. The van der Waals surface area contributed by atoms with Crippen molar-refractivity contribution < 1.29 is 0 Å². The van der Waals surface area contributed by atoms with Crippen LogP contribution in [-0.4, -0.2) is 38.3 Å². The number of rotatable bonds is 6. The molecule has 1 aliphatic rings. The van der Waals surface area contributed by atoms with E-state index in [1.165, 1.54) is 37.0 Å². The highest BCUT2D eigenvalue weighted by atomic mass is 32.1. The Morgan fingerprint density at radius 3 is 2.73 bits per heavy atom. The van der Waals surface area contributed by atoms with Gasteiger partial charge in [-0.15, -0.1) is 21.5 Å². The lowest BCUT2D eigenvalue weighted by Gasteiger charge is -2.25. The average molecular weight is 376 g/mol. The van der Waals surface area contributed by atoms with Crippen LogP contribution in [0.4, 0.5) is 0 Å². The van der Waals surface area contributed by atoms with E-state index in [4.69, 9.17) is 4.99 Å². The van der Waals surface area contributed by atoms with E-state index in [9.17, 15) is 0 Å². The largest absolute Gasteiger partial charge is 0.356 e. The molecule has 2 aromatic heterocycles. The van der Waals surface area contributed by atoms with Crippen LogP contribution in [0, 0.1) is 13.8 Å². The number of hydrogen-bond donors (Lipinski definition) is 2. The molecule has 1 aliphatic carbocycles. The minimum Gasteiger partial charge on any atom is -0.356 e.